The summed E-state index contributed by atoms with van der Waals surface area (Å²) in [7, 11) is 0. The van der Waals surface area contributed by atoms with Crippen LogP contribution in [0.15, 0.2) is 77.7 Å². The van der Waals surface area contributed by atoms with Crippen LogP contribution in [0, 0.1) is 13.8 Å². The highest BCUT2D eigenvalue weighted by molar-refractivity contribution is 5.92. The number of nitrogens with one attached hydrogen (secondary N) is 1. The van der Waals surface area contributed by atoms with Gasteiger partial charge in [-0.05, 0) is 55.3 Å². The average molecular weight is 441 g/mol. The summed E-state index contributed by atoms with van der Waals surface area (Å²) in [6.07, 6.45) is 1.75. The van der Waals surface area contributed by atoms with Crippen LogP contribution in [0.4, 0.5) is 5.69 Å². The molecule has 0 fully saturated rings. The zero-order valence-corrected chi connectivity index (χ0v) is 18.4. The van der Waals surface area contributed by atoms with Gasteiger partial charge in [-0.25, -0.2) is 4.79 Å². The Bertz CT molecular complexity index is 1380. The maximum Gasteiger partial charge on any atom is 0.333 e. The Hall–Kier alpha value is -4.26. The number of aromatic nitrogens is 2. The minimum absolute atomic E-state index is 0.129. The Labute approximate surface area is 190 Å². The monoisotopic (exact) mass is 441 g/mol. The first-order valence-corrected chi connectivity index (χ1v) is 10.6. The normalized spacial score (nSPS) is 12.1. The molecule has 0 radical (unpaired) electrons. The first-order valence-electron chi connectivity index (χ1n) is 10.6. The fourth-order valence-electron chi connectivity index (χ4n) is 4.03. The summed E-state index contributed by atoms with van der Waals surface area (Å²) in [4.78, 5) is 26.4. The first kappa shape index (κ1) is 20.6. The van der Waals surface area contributed by atoms with E-state index < -0.39 is 0 Å². The quantitative estimate of drug-likeness (QED) is 0.501. The number of amides is 1. The summed E-state index contributed by atoms with van der Waals surface area (Å²) in [5.41, 5.74) is 4.48. The Morgan fingerprint density at radius 1 is 0.939 bits per heavy atom. The standard InChI is InChI=1S/C26H23N3O4/c1-17-7-6-8-18(2)25(17)27-24(30)15-29-21(19-11-12-22-23(13-19)33-16-32-22)14-28(26(29)31)20-9-4-3-5-10-20/h3-14H,15-16H2,1-2H3,(H,27,30). The van der Waals surface area contributed by atoms with Crippen molar-refractivity contribution in [1.82, 2.24) is 9.13 Å². The Morgan fingerprint density at radius 3 is 2.42 bits per heavy atom. The van der Waals surface area contributed by atoms with Crippen LogP contribution < -0.4 is 20.5 Å². The van der Waals surface area contributed by atoms with Crippen molar-refractivity contribution in [2.75, 3.05) is 12.1 Å². The molecule has 5 rings (SSSR count). The molecule has 1 aliphatic rings. The lowest BCUT2D eigenvalue weighted by atomic mass is 10.1. The van der Waals surface area contributed by atoms with Crippen molar-refractivity contribution in [2.24, 2.45) is 0 Å². The number of carbonyl (C=O) groups excluding carboxylic acids is 1. The third kappa shape index (κ3) is 3.89. The molecule has 1 aliphatic heterocycles. The minimum atomic E-state index is -0.300. The van der Waals surface area contributed by atoms with Gasteiger partial charge in [0.15, 0.2) is 11.5 Å². The predicted octanol–water partition coefficient (Wildman–Crippen LogP) is 4.29. The number of carbonyl (C=O) groups is 1. The molecular weight excluding hydrogens is 418 g/mol. The lowest BCUT2D eigenvalue weighted by Crippen LogP contribution is -2.29. The molecule has 0 bridgehead atoms. The van der Waals surface area contributed by atoms with Crippen LogP contribution in [-0.4, -0.2) is 21.8 Å². The number of anilines is 1. The zero-order valence-electron chi connectivity index (χ0n) is 18.4. The number of fused-ring (bicyclic) bond motifs is 1. The molecule has 0 unspecified atom stereocenters. The topological polar surface area (TPSA) is 74.5 Å². The highest BCUT2D eigenvalue weighted by Crippen LogP contribution is 2.36. The van der Waals surface area contributed by atoms with Crippen LogP contribution in [0.5, 0.6) is 11.5 Å². The predicted molar refractivity (Wildman–Crippen MR) is 126 cm³/mol. The van der Waals surface area contributed by atoms with E-state index in [1.54, 1.807) is 10.8 Å². The van der Waals surface area contributed by atoms with Crippen LogP contribution in [0.1, 0.15) is 11.1 Å². The first-order chi connectivity index (χ1) is 16.0. The van der Waals surface area contributed by atoms with E-state index in [1.807, 2.05) is 80.6 Å². The highest BCUT2D eigenvalue weighted by atomic mass is 16.7. The van der Waals surface area contributed by atoms with Crippen LogP contribution in [0.2, 0.25) is 0 Å². The number of imidazole rings is 1. The van der Waals surface area contributed by atoms with Crippen molar-refractivity contribution in [1.29, 1.82) is 0 Å². The second-order valence-electron chi connectivity index (χ2n) is 7.97. The Morgan fingerprint density at radius 2 is 1.67 bits per heavy atom. The number of nitrogens with zero attached hydrogens (tertiary/aromatic N) is 2. The summed E-state index contributed by atoms with van der Waals surface area (Å²) < 4.78 is 14.0. The Kier molecular flexibility index (Phi) is 5.22. The fourth-order valence-corrected chi connectivity index (χ4v) is 4.03. The number of rotatable bonds is 5. The number of hydrogen-bond donors (Lipinski definition) is 1. The zero-order chi connectivity index (χ0) is 22.9. The molecule has 7 heteroatoms. The van der Waals surface area contributed by atoms with Crippen molar-refractivity contribution in [3.8, 4) is 28.4 Å². The van der Waals surface area contributed by atoms with Gasteiger partial charge in [0.05, 0.1) is 11.4 Å². The summed E-state index contributed by atoms with van der Waals surface area (Å²) in [5, 5.41) is 2.97. The van der Waals surface area contributed by atoms with E-state index in [2.05, 4.69) is 5.32 Å². The van der Waals surface area contributed by atoms with Crippen LogP contribution in [0.3, 0.4) is 0 Å². The summed E-state index contributed by atoms with van der Waals surface area (Å²) in [6.45, 7) is 3.92. The molecule has 7 nitrogen and oxygen atoms in total. The van der Waals surface area contributed by atoms with Crippen molar-refractivity contribution in [3.05, 3.63) is 94.5 Å². The molecular formula is C26H23N3O4. The fraction of sp³-hybridized carbons (Fsp3) is 0.154. The minimum Gasteiger partial charge on any atom is -0.454 e. The smallest absolute Gasteiger partial charge is 0.333 e. The number of hydrogen-bond acceptors (Lipinski definition) is 4. The number of benzene rings is 3. The lowest BCUT2D eigenvalue weighted by molar-refractivity contribution is -0.116. The van der Waals surface area contributed by atoms with Gasteiger partial charge in [-0.15, -0.1) is 0 Å². The summed E-state index contributed by atoms with van der Waals surface area (Å²) in [6, 6.07) is 20.7. The van der Waals surface area contributed by atoms with Crippen molar-refractivity contribution in [2.45, 2.75) is 20.4 Å². The van der Waals surface area contributed by atoms with Crippen LogP contribution in [-0.2, 0) is 11.3 Å². The van der Waals surface area contributed by atoms with Crippen molar-refractivity contribution < 1.29 is 14.3 Å². The van der Waals surface area contributed by atoms with E-state index in [0.717, 1.165) is 28.1 Å². The second-order valence-corrected chi connectivity index (χ2v) is 7.97. The average Bonchev–Trinajstić information content (AvgIpc) is 3.41. The summed E-state index contributed by atoms with van der Waals surface area (Å²) >= 11 is 0. The molecule has 0 saturated heterocycles. The second kappa shape index (κ2) is 8.35. The van der Waals surface area contributed by atoms with Gasteiger partial charge < -0.3 is 14.8 Å². The third-order valence-electron chi connectivity index (χ3n) is 5.73. The van der Waals surface area contributed by atoms with E-state index in [-0.39, 0.29) is 24.9 Å². The van der Waals surface area contributed by atoms with E-state index in [1.165, 1.54) is 4.57 Å². The van der Waals surface area contributed by atoms with E-state index in [4.69, 9.17) is 9.47 Å². The van der Waals surface area contributed by atoms with Gasteiger partial charge >= 0.3 is 5.69 Å². The molecule has 1 amide bonds. The molecule has 0 atom stereocenters. The number of ether oxygens (including phenoxy) is 2. The van der Waals surface area contributed by atoms with Crippen molar-refractivity contribution in [3.63, 3.8) is 0 Å². The Balaban J connectivity index is 1.56. The largest absolute Gasteiger partial charge is 0.454 e. The van der Waals surface area contributed by atoms with Gasteiger partial charge in [0, 0.05) is 17.4 Å². The van der Waals surface area contributed by atoms with Gasteiger partial charge in [0.2, 0.25) is 12.7 Å². The van der Waals surface area contributed by atoms with E-state index in [0.29, 0.717) is 17.2 Å². The third-order valence-corrected chi connectivity index (χ3v) is 5.73. The van der Waals surface area contributed by atoms with E-state index >= 15 is 0 Å². The lowest BCUT2D eigenvalue weighted by Gasteiger charge is -2.13. The molecule has 0 spiro atoms. The van der Waals surface area contributed by atoms with E-state index in [9.17, 15) is 9.59 Å². The molecule has 3 aromatic carbocycles. The van der Waals surface area contributed by atoms with Gasteiger partial charge in [0.25, 0.3) is 0 Å². The van der Waals surface area contributed by atoms with Gasteiger partial charge in [-0.1, -0.05) is 36.4 Å². The molecule has 0 aliphatic carbocycles. The molecule has 33 heavy (non-hydrogen) atoms. The maximum atomic E-state index is 13.4. The summed E-state index contributed by atoms with van der Waals surface area (Å²) in [5.74, 6) is 0.990. The molecule has 0 saturated carbocycles. The van der Waals surface area contributed by atoms with Crippen molar-refractivity contribution >= 4 is 11.6 Å². The van der Waals surface area contributed by atoms with Gasteiger partial charge in [0.1, 0.15) is 6.54 Å². The SMILES string of the molecule is Cc1cccc(C)c1NC(=O)Cn1c(-c2ccc3c(c2)OCO3)cn(-c2ccccc2)c1=O. The maximum absolute atomic E-state index is 13.4. The van der Waals surface area contributed by atoms with Gasteiger partial charge in [-0.3, -0.25) is 13.9 Å². The van der Waals surface area contributed by atoms with Crippen LogP contribution in [0.25, 0.3) is 16.9 Å². The molecule has 166 valence electrons. The van der Waals surface area contributed by atoms with Gasteiger partial charge in [-0.2, -0.15) is 0 Å². The number of aryl methyl sites for hydroxylation is 2. The van der Waals surface area contributed by atoms with Crippen LogP contribution >= 0.6 is 0 Å². The number of para-hydroxylation sites is 2. The molecule has 1 aromatic heterocycles. The molecule has 2 heterocycles. The molecule has 4 aromatic rings. The highest BCUT2D eigenvalue weighted by Gasteiger charge is 2.20. The molecule has 1 N–H and O–H groups in total.